The summed E-state index contributed by atoms with van der Waals surface area (Å²) in [5.41, 5.74) is 0. The van der Waals surface area contributed by atoms with Gasteiger partial charge in [0.15, 0.2) is 8.38 Å². The number of hydrogen-bond donors (Lipinski definition) is 0. The van der Waals surface area contributed by atoms with E-state index in [-0.39, 0.29) is 18.8 Å². The van der Waals surface area contributed by atoms with E-state index >= 15 is 0 Å². The molecule has 0 N–H and O–H groups in total. The smallest absolute Gasteiger partial charge is 0.167 e. The lowest BCUT2D eigenvalue weighted by atomic mass is 9.92. The minimum absolute atomic E-state index is 0.108. The Balaban J connectivity index is 2.79. The number of nitriles is 1. The molecule has 0 aromatic heterocycles. The number of hydrogen-bond acceptors (Lipinski definition) is 7. The molecule has 0 bridgehead atoms. The summed E-state index contributed by atoms with van der Waals surface area (Å²) < 4.78 is 34.3. The highest BCUT2D eigenvalue weighted by Crippen LogP contribution is 2.41. The van der Waals surface area contributed by atoms with Crippen LogP contribution in [-0.2, 0) is 28.0 Å². The fourth-order valence-corrected chi connectivity index (χ4v) is 3.38. The van der Waals surface area contributed by atoms with E-state index in [0.717, 1.165) is 0 Å². The monoisotopic (exact) mass is 385 g/mol. The molecule has 1 aliphatic heterocycles. The van der Waals surface area contributed by atoms with E-state index in [0.29, 0.717) is 18.8 Å². The quantitative estimate of drug-likeness (QED) is 0.221. The van der Waals surface area contributed by atoms with Gasteiger partial charge in [-0.1, -0.05) is 6.58 Å². The lowest BCUT2D eigenvalue weighted by molar-refractivity contribution is -0.101. The van der Waals surface area contributed by atoms with Crippen LogP contribution in [0.4, 0.5) is 0 Å². The van der Waals surface area contributed by atoms with Crippen molar-refractivity contribution in [2.75, 3.05) is 27.0 Å². The van der Waals surface area contributed by atoms with Crippen LogP contribution in [0.1, 0.15) is 27.2 Å². The molecule has 1 heterocycles. The summed E-state index contributed by atoms with van der Waals surface area (Å²) >= 11 is 0. The Morgan fingerprint density at radius 2 is 2.04 bits per heavy atom. The number of rotatable bonds is 12. The van der Waals surface area contributed by atoms with Crippen LogP contribution in [-0.4, -0.2) is 71.4 Å². The molecule has 0 amide bonds. The van der Waals surface area contributed by atoms with Crippen LogP contribution in [0, 0.1) is 11.3 Å². The summed E-state index contributed by atoms with van der Waals surface area (Å²) in [5, 5.41) is 8.62. The summed E-state index contributed by atoms with van der Waals surface area (Å²) in [6.07, 6.45) is -1.37. The zero-order valence-corrected chi connectivity index (χ0v) is 17.1. The molecule has 7 unspecified atom stereocenters. The van der Waals surface area contributed by atoms with Gasteiger partial charge in [-0.15, -0.1) is 0 Å². The Kier molecular flexibility index (Phi) is 10.7. The van der Waals surface area contributed by atoms with Gasteiger partial charge in [0.1, 0.15) is 32.8 Å². The predicted molar refractivity (Wildman–Crippen MR) is 99.9 cm³/mol. The molecule has 1 fully saturated rings. The highest BCUT2D eigenvalue weighted by molar-refractivity contribution is 7.46. The molecular weight excluding hydrogens is 356 g/mol. The van der Waals surface area contributed by atoms with E-state index in [1.54, 1.807) is 14.0 Å². The third kappa shape index (κ3) is 7.52. The van der Waals surface area contributed by atoms with Crippen molar-refractivity contribution in [2.45, 2.75) is 63.7 Å². The Labute approximate surface area is 159 Å². The summed E-state index contributed by atoms with van der Waals surface area (Å²) in [6, 6.07) is 1.38. The SMILES string of the molecule is [B]C1OC(COC(=C)C)C(OP(C)OCCC#N)C1OC(C)C(C)OC. The van der Waals surface area contributed by atoms with Crippen molar-refractivity contribution < 1.29 is 28.0 Å². The van der Waals surface area contributed by atoms with Crippen LogP contribution >= 0.6 is 8.38 Å². The van der Waals surface area contributed by atoms with Gasteiger partial charge in [0.05, 0.1) is 37.1 Å². The maximum atomic E-state index is 8.62. The van der Waals surface area contributed by atoms with Gasteiger partial charge in [-0.2, -0.15) is 5.26 Å². The molecule has 1 saturated heterocycles. The fourth-order valence-electron chi connectivity index (χ4n) is 2.37. The molecule has 1 rings (SSSR count). The first-order chi connectivity index (χ1) is 12.3. The topological polar surface area (TPSA) is 79.2 Å². The zero-order valence-electron chi connectivity index (χ0n) is 16.2. The Hall–Kier alpha value is -0.675. The van der Waals surface area contributed by atoms with Gasteiger partial charge in [-0.05, 0) is 20.8 Å². The van der Waals surface area contributed by atoms with Crippen LogP contribution < -0.4 is 0 Å². The van der Waals surface area contributed by atoms with Gasteiger partial charge < -0.3 is 28.0 Å². The lowest BCUT2D eigenvalue weighted by Crippen LogP contribution is -2.42. The van der Waals surface area contributed by atoms with Crippen molar-refractivity contribution >= 4 is 16.2 Å². The van der Waals surface area contributed by atoms with Crippen LogP contribution in [0.2, 0.25) is 0 Å². The summed E-state index contributed by atoms with van der Waals surface area (Å²) in [6.45, 7) is 11.7. The molecule has 0 aromatic carbocycles. The van der Waals surface area contributed by atoms with Crippen LogP contribution in [0.3, 0.4) is 0 Å². The largest absolute Gasteiger partial charge is 0.496 e. The van der Waals surface area contributed by atoms with E-state index in [4.69, 9.17) is 41.1 Å². The first-order valence-electron chi connectivity index (χ1n) is 8.58. The second-order valence-corrected chi connectivity index (χ2v) is 7.50. The van der Waals surface area contributed by atoms with Crippen LogP contribution in [0.5, 0.6) is 0 Å². The van der Waals surface area contributed by atoms with E-state index in [9.17, 15) is 0 Å². The van der Waals surface area contributed by atoms with Crippen molar-refractivity contribution in [1.82, 2.24) is 0 Å². The second-order valence-electron chi connectivity index (χ2n) is 6.15. The van der Waals surface area contributed by atoms with Gasteiger partial charge in [-0.25, -0.2) is 0 Å². The number of nitrogens with zero attached hydrogens (tertiary/aromatic N) is 1. The molecule has 0 saturated carbocycles. The number of ether oxygens (including phenoxy) is 4. The normalized spacial score (nSPS) is 28.9. The summed E-state index contributed by atoms with van der Waals surface area (Å²) in [7, 11) is 6.54. The minimum Gasteiger partial charge on any atom is -0.496 e. The molecule has 0 aliphatic carbocycles. The molecular formula is C17H29BNO6P. The number of methoxy groups -OCH3 is 1. The van der Waals surface area contributed by atoms with Crippen LogP contribution in [0.25, 0.3) is 0 Å². The molecule has 7 atom stereocenters. The van der Waals surface area contributed by atoms with Gasteiger partial charge in [0.25, 0.3) is 0 Å². The fraction of sp³-hybridized carbons (Fsp3) is 0.824. The maximum Gasteiger partial charge on any atom is 0.167 e. The van der Waals surface area contributed by atoms with Gasteiger partial charge in [0, 0.05) is 19.8 Å². The Morgan fingerprint density at radius 1 is 1.35 bits per heavy atom. The van der Waals surface area contributed by atoms with E-state index < -0.39 is 32.7 Å². The van der Waals surface area contributed by atoms with Gasteiger partial charge >= 0.3 is 0 Å². The molecule has 26 heavy (non-hydrogen) atoms. The van der Waals surface area contributed by atoms with Gasteiger partial charge in [0.2, 0.25) is 0 Å². The Bertz CT molecular complexity index is 477. The van der Waals surface area contributed by atoms with E-state index in [1.807, 2.05) is 26.6 Å². The molecule has 7 nitrogen and oxygen atoms in total. The lowest BCUT2D eigenvalue weighted by Gasteiger charge is -2.30. The average Bonchev–Trinajstić information content (AvgIpc) is 2.87. The van der Waals surface area contributed by atoms with E-state index in [2.05, 4.69) is 6.58 Å². The second kappa shape index (κ2) is 11.9. The van der Waals surface area contributed by atoms with Crippen molar-refractivity contribution in [1.29, 1.82) is 5.26 Å². The highest BCUT2D eigenvalue weighted by Gasteiger charge is 2.46. The molecule has 0 aromatic rings. The molecule has 2 radical (unpaired) electrons. The molecule has 1 aliphatic rings. The number of allylic oxidation sites excluding steroid dienone is 1. The third-order valence-electron chi connectivity index (χ3n) is 4.00. The van der Waals surface area contributed by atoms with Crippen molar-refractivity contribution in [3.8, 4) is 6.07 Å². The summed E-state index contributed by atoms with van der Waals surface area (Å²) in [4.78, 5) is 0. The predicted octanol–water partition coefficient (Wildman–Crippen LogP) is 2.50. The summed E-state index contributed by atoms with van der Waals surface area (Å²) in [5.74, 6) is 0.579. The minimum atomic E-state index is -1.22. The first-order valence-corrected chi connectivity index (χ1v) is 10.2. The standard InChI is InChI=1S/C17H29BNO6P/c1-11(2)21-10-14-15(25-26(6)22-9-7-8-19)16(17(18)24-14)23-13(4)12(3)20-5/h12-17H,1,7,9-10H2,2-6H3. The van der Waals surface area contributed by atoms with Crippen molar-refractivity contribution in [3.05, 3.63) is 12.3 Å². The van der Waals surface area contributed by atoms with Gasteiger partial charge in [-0.3, -0.25) is 0 Å². The molecule has 146 valence electrons. The Morgan fingerprint density at radius 3 is 2.62 bits per heavy atom. The first kappa shape index (κ1) is 23.4. The molecule has 9 heteroatoms. The highest BCUT2D eigenvalue weighted by atomic mass is 31.2. The molecule has 0 spiro atoms. The maximum absolute atomic E-state index is 8.62. The third-order valence-corrected chi connectivity index (χ3v) is 5.09. The van der Waals surface area contributed by atoms with Crippen molar-refractivity contribution in [2.24, 2.45) is 0 Å². The van der Waals surface area contributed by atoms with E-state index in [1.165, 1.54) is 0 Å². The average molecular weight is 385 g/mol. The van der Waals surface area contributed by atoms with Crippen molar-refractivity contribution in [3.63, 3.8) is 0 Å². The zero-order chi connectivity index (χ0) is 19.7. The van der Waals surface area contributed by atoms with Crippen LogP contribution in [0.15, 0.2) is 12.3 Å².